The Hall–Kier alpha value is 0.147. The van der Waals surface area contributed by atoms with E-state index in [2.05, 4.69) is 39.8 Å². The highest BCUT2D eigenvalue weighted by Crippen LogP contribution is 2.78. The molecule has 3 saturated carbocycles. The van der Waals surface area contributed by atoms with Crippen molar-refractivity contribution in [1.82, 2.24) is 0 Å². The van der Waals surface area contributed by atoms with E-state index >= 15 is 0 Å². The lowest BCUT2D eigenvalue weighted by molar-refractivity contribution is -0.139. The smallest absolute Gasteiger partial charge is 0.299 e. The molecule has 40 heavy (non-hydrogen) atoms. The fourth-order valence-electron chi connectivity index (χ4n) is 8.81. The summed E-state index contributed by atoms with van der Waals surface area (Å²) in [6.07, 6.45) is 33.8. The molecule has 0 bridgehead atoms. The summed E-state index contributed by atoms with van der Waals surface area (Å²) in [6, 6.07) is 3.21. The number of halogens is 1. The van der Waals surface area contributed by atoms with Crippen LogP contribution in [0.15, 0.2) is 12.2 Å². The lowest BCUT2D eigenvalue weighted by Crippen LogP contribution is -3.00. The minimum atomic E-state index is -1.96. The molecule has 1 atom stereocenters. The molecule has 0 heterocycles. The Morgan fingerprint density at radius 2 is 1.18 bits per heavy atom. The molecule has 3 aliphatic rings. The van der Waals surface area contributed by atoms with Crippen LogP contribution in [0.5, 0.6) is 0 Å². The van der Waals surface area contributed by atoms with E-state index in [4.69, 9.17) is 4.43 Å². The van der Waals surface area contributed by atoms with Crippen molar-refractivity contribution < 1.29 is 21.6 Å². The molecule has 0 spiro atoms. The van der Waals surface area contributed by atoms with Gasteiger partial charge < -0.3 is 16.8 Å². The molecular weight excluding hydrogens is 547 g/mol. The zero-order valence-electron chi connectivity index (χ0n) is 27.1. The molecule has 0 saturated heterocycles. The van der Waals surface area contributed by atoms with Crippen molar-refractivity contribution in [2.24, 2.45) is 5.92 Å². The lowest BCUT2D eigenvalue weighted by Gasteiger charge is -2.50. The molecule has 1 unspecified atom stereocenters. The van der Waals surface area contributed by atoms with E-state index in [9.17, 15) is 4.79 Å². The Balaban J connectivity index is 0.00000560. The van der Waals surface area contributed by atoms with Crippen molar-refractivity contribution in [3.63, 3.8) is 0 Å². The van der Waals surface area contributed by atoms with Crippen LogP contribution in [0.4, 0.5) is 0 Å². The van der Waals surface area contributed by atoms with Crippen molar-refractivity contribution in [1.29, 1.82) is 0 Å². The van der Waals surface area contributed by atoms with Crippen LogP contribution < -0.4 is 12.4 Å². The SMILES string of the molecule is CCCCC/C=C/CC(C[P+](C1CCCCC1)(C1CCCCC1)C1CCCCC1)C(=O)O[Si](CC)(CC)CC.[Cl-]. The monoisotopic (exact) mass is 612 g/mol. The van der Waals surface area contributed by atoms with Gasteiger partial charge in [-0.15, -0.1) is 0 Å². The molecule has 5 heteroatoms. The van der Waals surface area contributed by atoms with Crippen molar-refractivity contribution in [2.45, 2.75) is 191 Å². The Kier molecular flexibility index (Phi) is 17.7. The summed E-state index contributed by atoms with van der Waals surface area (Å²) in [4.78, 5) is 14.3. The van der Waals surface area contributed by atoms with Crippen LogP contribution in [0.2, 0.25) is 18.1 Å². The fraction of sp³-hybridized carbons (Fsp3) is 0.914. The van der Waals surface area contributed by atoms with Crippen LogP contribution >= 0.6 is 7.26 Å². The molecule has 3 aliphatic carbocycles. The first-order valence-electron chi connectivity index (χ1n) is 17.8. The summed E-state index contributed by atoms with van der Waals surface area (Å²) in [5.41, 5.74) is 2.81. The third-order valence-electron chi connectivity index (χ3n) is 11.4. The number of rotatable bonds is 16. The summed E-state index contributed by atoms with van der Waals surface area (Å²) in [7, 11) is -3.27. The zero-order chi connectivity index (χ0) is 28.0. The Morgan fingerprint density at radius 3 is 1.57 bits per heavy atom. The number of hydrogen-bond acceptors (Lipinski definition) is 2. The Labute approximate surface area is 257 Å². The van der Waals surface area contributed by atoms with Gasteiger partial charge >= 0.3 is 0 Å². The van der Waals surface area contributed by atoms with Crippen LogP contribution in [-0.4, -0.2) is 37.4 Å². The first kappa shape index (κ1) is 36.3. The first-order valence-corrected chi connectivity index (χ1v) is 22.5. The van der Waals surface area contributed by atoms with Gasteiger partial charge in [0.25, 0.3) is 14.3 Å². The van der Waals surface area contributed by atoms with E-state index in [1.165, 1.54) is 128 Å². The summed E-state index contributed by atoms with van der Waals surface area (Å²) in [6.45, 7) is 9.11. The quantitative estimate of drug-likeness (QED) is 0.0754. The number of allylic oxidation sites excluding steroid dienone is 2. The minimum absolute atomic E-state index is 0. The summed E-state index contributed by atoms with van der Waals surface area (Å²) < 4.78 is 6.74. The maximum atomic E-state index is 14.3. The van der Waals surface area contributed by atoms with Crippen LogP contribution in [0, 0.1) is 5.92 Å². The predicted molar refractivity (Wildman–Crippen MR) is 177 cm³/mol. The van der Waals surface area contributed by atoms with E-state index in [1.54, 1.807) is 0 Å². The average molecular weight is 613 g/mol. The molecule has 3 fully saturated rings. The Morgan fingerprint density at radius 1 is 0.725 bits per heavy atom. The zero-order valence-corrected chi connectivity index (χ0v) is 29.7. The van der Waals surface area contributed by atoms with Gasteiger partial charge in [-0.05, 0) is 114 Å². The van der Waals surface area contributed by atoms with Gasteiger partial charge in [-0.3, -0.25) is 4.79 Å². The van der Waals surface area contributed by atoms with Crippen LogP contribution in [0.1, 0.15) is 156 Å². The molecule has 0 aromatic rings. The number of carbonyl (C=O) groups is 1. The van der Waals surface area contributed by atoms with Gasteiger partial charge in [-0.1, -0.05) is 72.0 Å². The van der Waals surface area contributed by atoms with Gasteiger partial charge in [0.15, 0.2) is 0 Å². The highest BCUT2D eigenvalue weighted by molar-refractivity contribution is 7.78. The number of hydrogen-bond donors (Lipinski definition) is 0. The van der Waals surface area contributed by atoms with E-state index in [1.807, 2.05) is 0 Å². The third kappa shape index (κ3) is 9.84. The second-order valence-corrected chi connectivity index (χ2v) is 22.9. The standard InChI is InChI=1S/C35H66O2PSi.ClH/c1-5-9-10-11-12-16-23-31(35(36)37-39(6-2,7-3)8-4)30-38(32-24-17-13-18-25-32,33-26-19-14-20-27-33)34-28-21-15-22-29-34;/h12,16,31-34H,5-11,13-15,17-30H2,1-4H3;1H/q+1;/p-1/b16-12+;. The van der Waals surface area contributed by atoms with E-state index in [0.717, 1.165) is 41.5 Å². The van der Waals surface area contributed by atoms with Crippen LogP contribution in [-0.2, 0) is 9.22 Å². The highest BCUT2D eigenvalue weighted by atomic mass is 35.5. The van der Waals surface area contributed by atoms with Crippen molar-refractivity contribution >= 4 is 21.5 Å². The van der Waals surface area contributed by atoms with Gasteiger partial charge in [0.05, 0.1) is 29.1 Å². The van der Waals surface area contributed by atoms with Crippen molar-refractivity contribution in [3.8, 4) is 0 Å². The van der Waals surface area contributed by atoms with Crippen LogP contribution in [0.25, 0.3) is 0 Å². The lowest BCUT2D eigenvalue weighted by atomic mass is 9.98. The summed E-state index contributed by atoms with van der Waals surface area (Å²) >= 11 is 0. The molecule has 3 rings (SSSR count). The van der Waals surface area contributed by atoms with Gasteiger partial charge in [0.1, 0.15) is 0 Å². The second kappa shape index (κ2) is 19.4. The Bertz CT molecular complexity index is 652. The van der Waals surface area contributed by atoms with Crippen molar-refractivity contribution in [2.75, 3.05) is 6.16 Å². The van der Waals surface area contributed by atoms with Crippen molar-refractivity contribution in [3.05, 3.63) is 12.2 Å². The van der Waals surface area contributed by atoms with Gasteiger partial charge in [-0.2, -0.15) is 0 Å². The van der Waals surface area contributed by atoms with Gasteiger partial charge in [0, 0.05) is 7.26 Å². The first-order chi connectivity index (χ1) is 19.0. The second-order valence-electron chi connectivity index (χ2n) is 13.6. The molecule has 2 nitrogen and oxygen atoms in total. The molecule has 0 aromatic carbocycles. The maximum Gasteiger partial charge on any atom is 0.299 e. The number of unbranched alkanes of at least 4 members (excludes halogenated alkanes) is 3. The fourth-order valence-corrected chi connectivity index (χ4v) is 19.1. The average Bonchev–Trinajstić information content (AvgIpc) is 3.00. The van der Waals surface area contributed by atoms with E-state index in [-0.39, 0.29) is 24.3 Å². The van der Waals surface area contributed by atoms with E-state index < -0.39 is 15.6 Å². The number of carbonyl (C=O) groups excluding carboxylic acids is 1. The third-order valence-corrected chi connectivity index (χ3v) is 22.6. The summed E-state index contributed by atoms with van der Waals surface area (Å²) in [5.74, 6) is 0.320. The summed E-state index contributed by atoms with van der Waals surface area (Å²) in [5, 5.41) is 0. The molecule has 0 aromatic heterocycles. The maximum absolute atomic E-state index is 14.3. The molecule has 0 N–H and O–H groups in total. The molecule has 234 valence electrons. The highest BCUT2D eigenvalue weighted by Gasteiger charge is 2.58. The molecule has 0 aliphatic heterocycles. The van der Waals surface area contributed by atoms with E-state index in [0.29, 0.717) is 0 Å². The molecule has 0 radical (unpaired) electrons. The molecular formula is C35H66ClO2PSi. The van der Waals surface area contributed by atoms with Crippen LogP contribution in [0.3, 0.4) is 0 Å². The van der Waals surface area contributed by atoms with Gasteiger partial charge in [-0.25, -0.2) is 0 Å². The normalized spacial score (nSPS) is 21.3. The largest absolute Gasteiger partial charge is 1.00 e. The topological polar surface area (TPSA) is 26.3 Å². The van der Waals surface area contributed by atoms with Gasteiger partial charge in [0.2, 0.25) is 0 Å². The predicted octanol–water partition coefficient (Wildman–Crippen LogP) is 8.70. The minimum Gasteiger partial charge on any atom is -1.00 e. The molecule has 0 amide bonds.